The summed E-state index contributed by atoms with van der Waals surface area (Å²) in [4.78, 5) is 0. The summed E-state index contributed by atoms with van der Waals surface area (Å²) in [5.74, 6) is 0. The van der Waals surface area contributed by atoms with Crippen molar-refractivity contribution >= 4 is 19.5 Å². The molecule has 1 atom stereocenters. The van der Waals surface area contributed by atoms with Crippen molar-refractivity contribution in [3.8, 4) is 0 Å². The van der Waals surface area contributed by atoms with Crippen LogP contribution in [0.25, 0.3) is 0 Å². The summed E-state index contributed by atoms with van der Waals surface area (Å²) in [7, 11) is 0.247. The molecule has 0 saturated carbocycles. The van der Waals surface area contributed by atoms with E-state index in [1.54, 1.807) is 0 Å². The average Bonchev–Trinajstić information content (AvgIpc) is 2.47. The van der Waals surface area contributed by atoms with E-state index in [0.29, 0.717) is 0 Å². The Kier molecular flexibility index (Phi) is 17.8. The van der Waals surface area contributed by atoms with Crippen molar-refractivity contribution in [1.82, 2.24) is 0 Å². The molecule has 0 fully saturated rings. The molecule has 0 rings (SSSR count). The standard InChI is InChI=1S/C17H40OSi2/c1-3-4-5-6-7-8-9-10-11-12-13-14-15-16-17-20(2)18-19/h20H,3-17H2,1-2,19H3. The zero-order chi connectivity index (χ0) is 14.9. The Hall–Kier alpha value is 0.394. The van der Waals surface area contributed by atoms with E-state index >= 15 is 0 Å². The molecule has 1 unspecified atom stereocenters. The van der Waals surface area contributed by atoms with Crippen LogP contribution in [0.4, 0.5) is 0 Å². The highest BCUT2D eigenvalue weighted by Gasteiger charge is 2.00. The molecule has 0 aromatic carbocycles. The van der Waals surface area contributed by atoms with Crippen LogP contribution in [-0.4, -0.2) is 19.5 Å². The van der Waals surface area contributed by atoms with Gasteiger partial charge in [-0.25, -0.2) is 0 Å². The molecule has 0 radical (unpaired) electrons. The fourth-order valence-corrected chi connectivity index (χ4v) is 4.55. The van der Waals surface area contributed by atoms with Gasteiger partial charge in [-0.05, 0) is 12.6 Å². The van der Waals surface area contributed by atoms with Gasteiger partial charge in [0.15, 0.2) is 9.04 Å². The normalized spacial score (nSPS) is 12.9. The van der Waals surface area contributed by atoms with Gasteiger partial charge >= 0.3 is 0 Å². The Labute approximate surface area is 133 Å². The molecule has 122 valence electrons. The molecule has 0 saturated heterocycles. The molecule has 0 bridgehead atoms. The predicted octanol–water partition coefficient (Wildman–Crippen LogP) is 5.12. The van der Waals surface area contributed by atoms with Gasteiger partial charge in [0.05, 0.1) is 0 Å². The van der Waals surface area contributed by atoms with Gasteiger partial charge in [0.2, 0.25) is 0 Å². The van der Waals surface area contributed by atoms with Crippen molar-refractivity contribution in [2.24, 2.45) is 0 Å². The van der Waals surface area contributed by atoms with E-state index in [4.69, 9.17) is 4.12 Å². The maximum atomic E-state index is 5.54. The molecule has 20 heavy (non-hydrogen) atoms. The summed E-state index contributed by atoms with van der Waals surface area (Å²) in [5, 5.41) is 0. The van der Waals surface area contributed by atoms with Crippen molar-refractivity contribution in [2.75, 3.05) is 0 Å². The van der Waals surface area contributed by atoms with E-state index in [1.807, 2.05) is 0 Å². The van der Waals surface area contributed by atoms with Crippen LogP contribution < -0.4 is 0 Å². The largest absolute Gasteiger partial charge is 0.466 e. The Morgan fingerprint density at radius 2 is 1.00 bits per heavy atom. The van der Waals surface area contributed by atoms with Gasteiger partial charge in [0, 0.05) is 0 Å². The fourth-order valence-electron chi connectivity index (χ4n) is 2.74. The summed E-state index contributed by atoms with van der Waals surface area (Å²) in [5.41, 5.74) is 0. The van der Waals surface area contributed by atoms with E-state index in [1.165, 1.54) is 95.9 Å². The third kappa shape index (κ3) is 16.4. The lowest BCUT2D eigenvalue weighted by Crippen LogP contribution is -2.09. The first kappa shape index (κ1) is 20.4. The number of hydrogen-bond acceptors (Lipinski definition) is 1. The van der Waals surface area contributed by atoms with E-state index in [2.05, 4.69) is 13.5 Å². The van der Waals surface area contributed by atoms with Gasteiger partial charge in [-0.2, -0.15) is 0 Å². The SMILES string of the molecule is CCCCCCCCCCCCCCCC[SiH](C)O[SiH3]. The molecule has 0 aliphatic heterocycles. The first-order valence-corrected chi connectivity index (χ1v) is 12.6. The lowest BCUT2D eigenvalue weighted by Gasteiger charge is -2.07. The lowest BCUT2D eigenvalue weighted by atomic mass is 10.0. The highest BCUT2D eigenvalue weighted by molar-refractivity contribution is 6.54. The summed E-state index contributed by atoms with van der Waals surface area (Å²) < 4.78 is 5.54. The average molecular weight is 317 g/mol. The number of rotatable bonds is 16. The third-order valence-electron chi connectivity index (χ3n) is 4.37. The minimum absolute atomic E-state index is 0.709. The van der Waals surface area contributed by atoms with Gasteiger partial charge in [-0.1, -0.05) is 96.8 Å². The maximum Gasteiger partial charge on any atom is 0.159 e. The predicted molar refractivity (Wildman–Crippen MR) is 99.2 cm³/mol. The van der Waals surface area contributed by atoms with Crippen LogP contribution in [-0.2, 0) is 4.12 Å². The molecule has 0 amide bonds. The highest BCUT2D eigenvalue weighted by atomic mass is 28.3. The van der Waals surface area contributed by atoms with Crippen LogP contribution in [0, 0.1) is 0 Å². The third-order valence-corrected chi connectivity index (χ3v) is 8.81. The van der Waals surface area contributed by atoms with Crippen LogP contribution in [0.2, 0.25) is 12.6 Å². The van der Waals surface area contributed by atoms with Gasteiger partial charge in [-0.15, -0.1) is 0 Å². The van der Waals surface area contributed by atoms with Crippen molar-refractivity contribution < 1.29 is 4.12 Å². The molecule has 3 heteroatoms. The quantitative estimate of drug-likeness (QED) is 0.284. The Morgan fingerprint density at radius 3 is 1.35 bits per heavy atom. The fraction of sp³-hybridized carbons (Fsp3) is 1.00. The zero-order valence-electron chi connectivity index (χ0n) is 14.6. The Balaban J connectivity index is 2.96. The van der Waals surface area contributed by atoms with Crippen LogP contribution >= 0.6 is 0 Å². The second-order valence-electron chi connectivity index (χ2n) is 6.43. The lowest BCUT2D eigenvalue weighted by molar-refractivity contribution is 0.536. The van der Waals surface area contributed by atoms with Crippen LogP contribution in [0.3, 0.4) is 0 Å². The summed E-state index contributed by atoms with van der Waals surface area (Å²) >= 11 is 0. The second-order valence-corrected chi connectivity index (χ2v) is 10.5. The van der Waals surface area contributed by atoms with Gasteiger partial charge in [0.1, 0.15) is 10.5 Å². The molecule has 0 aromatic rings. The summed E-state index contributed by atoms with van der Waals surface area (Å²) in [6.45, 7) is 4.64. The molecule has 0 aliphatic rings. The molecular weight excluding hydrogens is 276 g/mol. The Morgan fingerprint density at radius 1 is 0.650 bits per heavy atom. The van der Waals surface area contributed by atoms with Crippen molar-refractivity contribution in [3.63, 3.8) is 0 Å². The zero-order valence-corrected chi connectivity index (χ0v) is 17.7. The molecular formula is C17H40OSi2. The summed E-state index contributed by atoms with van der Waals surface area (Å²) in [6, 6.07) is 1.40. The second kappa shape index (κ2) is 17.4. The minimum Gasteiger partial charge on any atom is -0.466 e. The monoisotopic (exact) mass is 316 g/mol. The van der Waals surface area contributed by atoms with Crippen molar-refractivity contribution in [3.05, 3.63) is 0 Å². The molecule has 0 aliphatic carbocycles. The van der Waals surface area contributed by atoms with E-state index in [-0.39, 0.29) is 0 Å². The van der Waals surface area contributed by atoms with E-state index < -0.39 is 9.04 Å². The molecule has 0 spiro atoms. The Bertz CT molecular complexity index is 176. The molecule has 0 N–H and O–H groups in total. The molecule has 0 heterocycles. The van der Waals surface area contributed by atoms with Gasteiger partial charge in [0.25, 0.3) is 0 Å². The van der Waals surface area contributed by atoms with Crippen LogP contribution in [0.1, 0.15) is 96.8 Å². The van der Waals surface area contributed by atoms with Crippen LogP contribution in [0.15, 0.2) is 0 Å². The molecule has 1 nitrogen and oxygen atoms in total. The van der Waals surface area contributed by atoms with Crippen molar-refractivity contribution in [2.45, 2.75) is 109 Å². The molecule has 0 aromatic heterocycles. The first-order valence-electron chi connectivity index (χ1n) is 9.34. The maximum absolute atomic E-state index is 5.54. The number of hydrogen-bond donors (Lipinski definition) is 0. The van der Waals surface area contributed by atoms with Gasteiger partial charge in [-0.3, -0.25) is 0 Å². The van der Waals surface area contributed by atoms with Crippen molar-refractivity contribution in [1.29, 1.82) is 0 Å². The van der Waals surface area contributed by atoms with Gasteiger partial charge < -0.3 is 4.12 Å². The van der Waals surface area contributed by atoms with E-state index in [9.17, 15) is 0 Å². The summed E-state index contributed by atoms with van der Waals surface area (Å²) in [6.07, 6.45) is 20.4. The highest BCUT2D eigenvalue weighted by Crippen LogP contribution is 2.13. The van der Waals surface area contributed by atoms with Crippen LogP contribution in [0.5, 0.6) is 0 Å². The number of unbranched alkanes of at least 4 members (excludes halogenated alkanes) is 13. The minimum atomic E-state index is -0.709. The smallest absolute Gasteiger partial charge is 0.159 e. The van der Waals surface area contributed by atoms with E-state index in [0.717, 1.165) is 10.5 Å². The topological polar surface area (TPSA) is 9.23 Å². The first-order chi connectivity index (χ1) is 9.81.